The van der Waals surface area contributed by atoms with Gasteiger partial charge in [-0.1, -0.05) is 30.3 Å². The zero-order valence-corrected chi connectivity index (χ0v) is 12.0. The SMILES string of the molecule is [C-]#[N+]COC(=O)C1CCC(NOCc2ccccc2)CC1. The summed E-state index contributed by atoms with van der Waals surface area (Å²) >= 11 is 0. The van der Waals surface area contributed by atoms with Crippen molar-refractivity contribution in [2.45, 2.75) is 38.3 Å². The first kappa shape index (κ1) is 15.5. The third-order valence-corrected chi connectivity index (χ3v) is 3.66. The van der Waals surface area contributed by atoms with Crippen LogP contribution in [0.5, 0.6) is 0 Å². The lowest BCUT2D eigenvalue weighted by Gasteiger charge is -2.27. The second-order valence-electron chi connectivity index (χ2n) is 5.19. The molecule has 0 radical (unpaired) electrons. The molecule has 0 spiro atoms. The van der Waals surface area contributed by atoms with Gasteiger partial charge in [0, 0.05) is 6.04 Å². The summed E-state index contributed by atoms with van der Waals surface area (Å²) in [5, 5.41) is 0. The predicted molar refractivity (Wildman–Crippen MR) is 77.7 cm³/mol. The summed E-state index contributed by atoms with van der Waals surface area (Å²) in [4.78, 5) is 20.2. The normalized spacial score (nSPS) is 21.5. The van der Waals surface area contributed by atoms with E-state index in [1.807, 2.05) is 30.3 Å². The number of hydroxylamine groups is 1. The molecule has 1 aromatic rings. The number of hydrogen-bond donors (Lipinski definition) is 1. The molecule has 1 fully saturated rings. The van der Waals surface area contributed by atoms with E-state index >= 15 is 0 Å². The topological polar surface area (TPSA) is 51.9 Å². The number of carbonyl (C=O) groups is 1. The molecule has 5 heteroatoms. The largest absolute Gasteiger partial charge is 0.393 e. The Kier molecular flexibility index (Phi) is 6.20. The van der Waals surface area contributed by atoms with Gasteiger partial charge in [-0.25, -0.2) is 6.57 Å². The van der Waals surface area contributed by atoms with Crippen LogP contribution in [-0.4, -0.2) is 18.7 Å². The van der Waals surface area contributed by atoms with E-state index in [0.717, 1.165) is 31.2 Å². The highest BCUT2D eigenvalue weighted by Gasteiger charge is 2.27. The van der Waals surface area contributed by atoms with Gasteiger partial charge in [-0.2, -0.15) is 5.48 Å². The highest BCUT2D eigenvalue weighted by atomic mass is 16.6. The fourth-order valence-electron chi connectivity index (χ4n) is 2.48. The molecule has 0 unspecified atom stereocenters. The van der Waals surface area contributed by atoms with Gasteiger partial charge >= 0.3 is 12.7 Å². The van der Waals surface area contributed by atoms with Crippen molar-refractivity contribution < 1.29 is 14.4 Å². The Balaban J connectivity index is 1.63. The van der Waals surface area contributed by atoms with Gasteiger partial charge in [0.1, 0.15) is 0 Å². The smallest absolute Gasteiger partial charge is 0.359 e. The minimum absolute atomic E-state index is 0.0704. The van der Waals surface area contributed by atoms with Gasteiger partial charge in [0.05, 0.1) is 12.5 Å². The first-order valence-corrected chi connectivity index (χ1v) is 7.20. The molecule has 0 aliphatic heterocycles. The lowest BCUT2D eigenvalue weighted by molar-refractivity contribution is -0.149. The molecule has 1 aliphatic rings. The quantitative estimate of drug-likeness (QED) is 0.497. The van der Waals surface area contributed by atoms with Crippen molar-refractivity contribution >= 4 is 5.97 Å². The third-order valence-electron chi connectivity index (χ3n) is 3.66. The predicted octanol–water partition coefficient (Wildman–Crippen LogP) is 2.69. The summed E-state index contributed by atoms with van der Waals surface area (Å²) < 4.78 is 4.86. The van der Waals surface area contributed by atoms with Crippen molar-refractivity contribution in [2.75, 3.05) is 6.73 Å². The number of nitrogens with zero attached hydrogens (tertiary/aromatic N) is 1. The lowest BCUT2D eigenvalue weighted by Crippen LogP contribution is -2.35. The van der Waals surface area contributed by atoms with E-state index in [1.54, 1.807) is 0 Å². The van der Waals surface area contributed by atoms with Gasteiger partial charge in [-0.05, 0) is 31.2 Å². The van der Waals surface area contributed by atoms with E-state index in [1.165, 1.54) is 0 Å². The first-order valence-electron chi connectivity index (χ1n) is 7.20. The van der Waals surface area contributed by atoms with Crippen molar-refractivity contribution in [3.63, 3.8) is 0 Å². The molecule has 0 saturated heterocycles. The summed E-state index contributed by atoms with van der Waals surface area (Å²) in [6.07, 6.45) is 3.32. The first-order chi connectivity index (χ1) is 10.3. The van der Waals surface area contributed by atoms with Crippen LogP contribution in [0.25, 0.3) is 4.85 Å². The van der Waals surface area contributed by atoms with Crippen LogP contribution in [0.4, 0.5) is 0 Å². The second-order valence-corrected chi connectivity index (χ2v) is 5.19. The van der Waals surface area contributed by atoms with E-state index in [4.69, 9.17) is 16.1 Å². The molecular weight excluding hydrogens is 268 g/mol. The van der Waals surface area contributed by atoms with Gasteiger partial charge in [0.25, 0.3) is 0 Å². The molecule has 0 amide bonds. The minimum atomic E-state index is -0.241. The second kappa shape index (κ2) is 8.40. The molecule has 112 valence electrons. The van der Waals surface area contributed by atoms with Crippen LogP contribution in [0.2, 0.25) is 0 Å². The number of benzene rings is 1. The van der Waals surface area contributed by atoms with E-state index in [0.29, 0.717) is 6.61 Å². The molecule has 0 atom stereocenters. The molecule has 1 aliphatic carbocycles. The van der Waals surface area contributed by atoms with Crippen molar-refractivity contribution in [1.82, 2.24) is 5.48 Å². The zero-order chi connectivity index (χ0) is 14.9. The third kappa shape index (κ3) is 5.18. The average molecular weight is 288 g/mol. The molecule has 0 heterocycles. The maximum atomic E-state index is 11.6. The van der Waals surface area contributed by atoms with Crippen molar-refractivity contribution in [3.8, 4) is 0 Å². The maximum Gasteiger partial charge on any atom is 0.359 e. The average Bonchev–Trinajstić information content (AvgIpc) is 2.54. The highest BCUT2D eigenvalue weighted by Crippen LogP contribution is 2.25. The molecule has 2 rings (SSSR count). The molecule has 1 aromatic carbocycles. The van der Waals surface area contributed by atoms with Crippen LogP contribution in [0.3, 0.4) is 0 Å². The van der Waals surface area contributed by atoms with Gasteiger partial charge in [0.15, 0.2) is 0 Å². The minimum Gasteiger partial charge on any atom is -0.393 e. The Bertz CT molecular complexity index is 476. The number of ether oxygens (including phenoxy) is 1. The Labute approximate surface area is 125 Å². The fraction of sp³-hybridized carbons (Fsp3) is 0.500. The van der Waals surface area contributed by atoms with Crippen molar-refractivity contribution in [1.29, 1.82) is 0 Å². The van der Waals surface area contributed by atoms with E-state index < -0.39 is 0 Å². The lowest BCUT2D eigenvalue weighted by atomic mass is 9.86. The van der Waals surface area contributed by atoms with Crippen molar-refractivity contribution in [2.24, 2.45) is 5.92 Å². The Morgan fingerprint density at radius 1 is 1.24 bits per heavy atom. The van der Waals surface area contributed by atoms with E-state index in [-0.39, 0.29) is 24.7 Å². The maximum absolute atomic E-state index is 11.6. The van der Waals surface area contributed by atoms with Gasteiger partial charge in [-0.3, -0.25) is 14.5 Å². The summed E-state index contributed by atoms with van der Waals surface area (Å²) in [7, 11) is 0. The molecular formula is C16H20N2O3. The number of hydrogen-bond acceptors (Lipinski definition) is 4. The van der Waals surface area contributed by atoms with Crippen LogP contribution in [0, 0.1) is 12.5 Å². The van der Waals surface area contributed by atoms with Gasteiger partial charge < -0.3 is 4.74 Å². The van der Waals surface area contributed by atoms with E-state index in [9.17, 15) is 4.79 Å². The van der Waals surface area contributed by atoms with Crippen LogP contribution in [-0.2, 0) is 21.0 Å². The fourth-order valence-corrected chi connectivity index (χ4v) is 2.48. The number of nitrogens with one attached hydrogen (secondary N) is 1. The molecule has 1 saturated carbocycles. The number of esters is 1. The Morgan fingerprint density at radius 3 is 2.62 bits per heavy atom. The molecule has 1 N–H and O–H groups in total. The van der Waals surface area contributed by atoms with Crippen LogP contribution in [0.1, 0.15) is 31.2 Å². The monoisotopic (exact) mass is 288 g/mol. The summed E-state index contributed by atoms with van der Waals surface area (Å²) in [5.41, 5.74) is 4.20. The molecule has 0 bridgehead atoms. The van der Waals surface area contributed by atoms with Crippen LogP contribution < -0.4 is 5.48 Å². The standard InChI is InChI=1S/C16H20N2O3/c1-17-12-20-16(19)14-7-9-15(10-8-14)18-21-11-13-5-3-2-4-6-13/h2-6,14-15,18H,7-12H2. The van der Waals surface area contributed by atoms with Crippen LogP contribution >= 0.6 is 0 Å². The molecule has 5 nitrogen and oxygen atoms in total. The summed E-state index contributed by atoms with van der Waals surface area (Å²) in [5.74, 6) is -0.312. The van der Waals surface area contributed by atoms with Gasteiger partial charge in [0.2, 0.25) is 0 Å². The summed E-state index contributed by atoms with van der Waals surface area (Å²) in [6.45, 7) is 6.98. The Morgan fingerprint density at radius 2 is 1.95 bits per heavy atom. The number of carbonyl (C=O) groups excluding carboxylic acids is 1. The number of rotatable bonds is 6. The van der Waals surface area contributed by atoms with Gasteiger partial charge in [-0.15, -0.1) is 0 Å². The highest BCUT2D eigenvalue weighted by molar-refractivity contribution is 5.72. The Hall–Kier alpha value is -1.90. The van der Waals surface area contributed by atoms with Crippen LogP contribution in [0.15, 0.2) is 30.3 Å². The van der Waals surface area contributed by atoms with Crippen molar-refractivity contribution in [3.05, 3.63) is 47.3 Å². The van der Waals surface area contributed by atoms with E-state index in [2.05, 4.69) is 10.3 Å². The molecule has 0 aromatic heterocycles. The molecule has 21 heavy (non-hydrogen) atoms. The zero-order valence-electron chi connectivity index (χ0n) is 12.0. The summed E-state index contributed by atoms with van der Waals surface area (Å²) in [6, 6.07) is 10.3.